The molecule has 2 rings (SSSR count). The molecule has 0 fully saturated rings. The number of thioether (sulfide) groups is 1. The van der Waals surface area contributed by atoms with E-state index in [0.717, 1.165) is 0 Å². The molecule has 1 N–H and O–H groups in total. The van der Waals surface area contributed by atoms with E-state index in [1.807, 2.05) is 7.05 Å². The molecule has 0 saturated heterocycles. The van der Waals surface area contributed by atoms with Gasteiger partial charge in [0.05, 0.1) is 21.4 Å². The number of hydrogen-bond acceptors (Lipinski definition) is 5. The summed E-state index contributed by atoms with van der Waals surface area (Å²) in [5.74, 6) is -0.186. The molecular weight excluding hydrogens is 316 g/mol. The number of rotatable bonds is 5. The number of nitrogens with one attached hydrogen (secondary N) is 1. The number of aromatic nitrogens is 2. The molecule has 21 heavy (non-hydrogen) atoms. The summed E-state index contributed by atoms with van der Waals surface area (Å²) in [5, 5.41) is 14.2. The first-order valence-electron chi connectivity index (χ1n) is 5.81. The first-order valence-corrected chi connectivity index (χ1v) is 7.17. The smallest absolute Gasteiger partial charge is 0.271 e. The second-order valence-electron chi connectivity index (χ2n) is 4.08. The Morgan fingerprint density at radius 1 is 1.57 bits per heavy atom. The standard InChI is InChI=1S/C12H11ClN4O3S/c1-16-5-4-14-12(16)21-7-11(18)15-10-6-8(17(19)20)2-3-9(10)13/h2-6H,7H2,1H3,(H,15,18). The minimum atomic E-state index is -0.547. The van der Waals surface area contributed by atoms with E-state index in [1.165, 1.54) is 30.0 Å². The monoisotopic (exact) mass is 326 g/mol. The Morgan fingerprint density at radius 2 is 2.33 bits per heavy atom. The molecule has 1 heterocycles. The Kier molecular flexibility index (Phi) is 4.81. The molecule has 9 heteroatoms. The molecule has 1 amide bonds. The number of benzene rings is 1. The lowest BCUT2D eigenvalue weighted by molar-refractivity contribution is -0.384. The highest BCUT2D eigenvalue weighted by atomic mass is 35.5. The number of nitro benzene ring substituents is 1. The zero-order valence-corrected chi connectivity index (χ0v) is 12.5. The molecule has 1 aromatic carbocycles. The van der Waals surface area contributed by atoms with Crippen molar-refractivity contribution in [2.45, 2.75) is 5.16 Å². The van der Waals surface area contributed by atoms with Crippen molar-refractivity contribution in [3.8, 4) is 0 Å². The number of nitro groups is 1. The summed E-state index contributed by atoms with van der Waals surface area (Å²) in [6, 6.07) is 3.88. The molecule has 0 saturated carbocycles. The molecule has 110 valence electrons. The lowest BCUT2D eigenvalue weighted by atomic mass is 10.3. The largest absolute Gasteiger partial charge is 0.329 e. The van der Waals surface area contributed by atoms with Gasteiger partial charge in [0, 0.05) is 31.6 Å². The van der Waals surface area contributed by atoms with Gasteiger partial charge in [-0.2, -0.15) is 0 Å². The number of nitrogens with zero attached hydrogens (tertiary/aromatic N) is 3. The summed E-state index contributed by atoms with van der Waals surface area (Å²) in [4.78, 5) is 26.1. The van der Waals surface area contributed by atoms with Gasteiger partial charge < -0.3 is 9.88 Å². The van der Waals surface area contributed by atoms with Gasteiger partial charge in [0.2, 0.25) is 5.91 Å². The summed E-state index contributed by atoms with van der Waals surface area (Å²) in [5.41, 5.74) is 0.0859. The number of imidazole rings is 1. The molecule has 0 aliphatic heterocycles. The number of hydrogen-bond donors (Lipinski definition) is 1. The third kappa shape index (κ3) is 3.96. The van der Waals surface area contributed by atoms with Gasteiger partial charge in [-0.15, -0.1) is 0 Å². The van der Waals surface area contributed by atoms with Crippen LogP contribution in [0.2, 0.25) is 5.02 Å². The van der Waals surface area contributed by atoms with E-state index in [9.17, 15) is 14.9 Å². The van der Waals surface area contributed by atoms with E-state index >= 15 is 0 Å². The molecule has 2 aromatic rings. The zero-order valence-electron chi connectivity index (χ0n) is 10.9. The van der Waals surface area contributed by atoms with Gasteiger partial charge in [-0.05, 0) is 6.07 Å². The number of non-ortho nitro benzene ring substituents is 1. The van der Waals surface area contributed by atoms with Gasteiger partial charge in [-0.1, -0.05) is 23.4 Å². The van der Waals surface area contributed by atoms with Crippen molar-refractivity contribution in [3.63, 3.8) is 0 Å². The van der Waals surface area contributed by atoms with Gasteiger partial charge in [-0.3, -0.25) is 14.9 Å². The van der Waals surface area contributed by atoms with Crippen molar-refractivity contribution >= 4 is 40.6 Å². The SMILES string of the molecule is Cn1ccnc1SCC(=O)Nc1cc([N+](=O)[O-])ccc1Cl. The van der Waals surface area contributed by atoms with Crippen molar-refractivity contribution in [1.82, 2.24) is 9.55 Å². The molecule has 0 unspecified atom stereocenters. The third-order valence-corrected chi connectivity index (χ3v) is 3.93. The van der Waals surface area contributed by atoms with E-state index in [4.69, 9.17) is 11.6 Å². The number of aryl methyl sites for hydroxylation is 1. The van der Waals surface area contributed by atoms with Gasteiger partial charge in [0.25, 0.3) is 5.69 Å². The quantitative estimate of drug-likeness (QED) is 0.518. The van der Waals surface area contributed by atoms with Crippen LogP contribution in [0.25, 0.3) is 0 Å². The first kappa shape index (κ1) is 15.3. The summed E-state index contributed by atoms with van der Waals surface area (Å²) >= 11 is 7.17. The molecule has 1 aromatic heterocycles. The molecule has 0 spiro atoms. The predicted octanol–water partition coefficient (Wildman–Crippen LogP) is 2.71. The summed E-state index contributed by atoms with van der Waals surface area (Å²) in [7, 11) is 1.82. The number of anilines is 1. The topological polar surface area (TPSA) is 90.1 Å². The Labute approximate surface area is 129 Å². The average Bonchev–Trinajstić information content (AvgIpc) is 2.84. The molecule has 0 aliphatic carbocycles. The van der Waals surface area contributed by atoms with Gasteiger partial charge in [0.15, 0.2) is 5.16 Å². The second-order valence-corrected chi connectivity index (χ2v) is 5.43. The number of carbonyl (C=O) groups excluding carboxylic acids is 1. The van der Waals surface area contributed by atoms with Gasteiger partial charge >= 0.3 is 0 Å². The zero-order chi connectivity index (χ0) is 15.4. The predicted molar refractivity (Wildman–Crippen MR) is 80.7 cm³/mol. The second kappa shape index (κ2) is 6.59. The van der Waals surface area contributed by atoms with Crippen molar-refractivity contribution in [3.05, 3.63) is 45.7 Å². The highest BCUT2D eigenvalue weighted by Crippen LogP contribution is 2.27. The van der Waals surface area contributed by atoms with Crippen LogP contribution < -0.4 is 5.32 Å². The summed E-state index contributed by atoms with van der Waals surface area (Å²) < 4.78 is 1.79. The van der Waals surface area contributed by atoms with Crippen LogP contribution in [0.5, 0.6) is 0 Å². The van der Waals surface area contributed by atoms with Crippen LogP contribution in [0.4, 0.5) is 11.4 Å². The van der Waals surface area contributed by atoms with Crippen LogP contribution in [-0.4, -0.2) is 26.1 Å². The highest BCUT2D eigenvalue weighted by molar-refractivity contribution is 7.99. The summed E-state index contributed by atoms with van der Waals surface area (Å²) in [6.45, 7) is 0. The lowest BCUT2D eigenvalue weighted by Gasteiger charge is -2.07. The Balaban J connectivity index is 2.01. The minimum absolute atomic E-state index is 0.129. The highest BCUT2D eigenvalue weighted by Gasteiger charge is 2.13. The average molecular weight is 327 g/mol. The van der Waals surface area contributed by atoms with Gasteiger partial charge in [-0.25, -0.2) is 4.98 Å². The van der Waals surface area contributed by atoms with Crippen LogP contribution in [-0.2, 0) is 11.8 Å². The van der Waals surface area contributed by atoms with Crippen LogP contribution >= 0.6 is 23.4 Å². The molecule has 0 bridgehead atoms. The van der Waals surface area contributed by atoms with E-state index in [-0.39, 0.29) is 28.1 Å². The van der Waals surface area contributed by atoms with Crippen LogP contribution in [0.15, 0.2) is 35.7 Å². The lowest BCUT2D eigenvalue weighted by Crippen LogP contribution is -2.15. The van der Waals surface area contributed by atoms with Crippen molar-refractivity contribution < 1.29 is 9.72 Å². The van der Waals surface area contributed by atoms with Crippen molar-refractivity contribution in [2.75, 3.05) is 11.1 Å². The van der Waals surface area contributed by atoms with Crippen LogP contribution in [0.1, 0.15) is 0 Å². The Morgan fingerprint density at radius 3 is 2.95 bits per heavy atom. The van der Waals surface area contributed by atoms with Crippen molar-refractivity contribution in [2.24, 2.45) is 7.05 Å². The molecule has 0 atom stereocenters. The maximum Gasteiger partial charge on any atom is 0.271 e. The Hall–Kier alpha value is -2.06. The van der Waals surface area contributed by atoms with E-state index < -0.39 is 4.92 Å². The Bertz CT molecular complexity index is 689. The third-order valence-electron chi connectivity index (χ3n) is 2.54. The van der Waals surface area contributed by atoms with E-state index in [2.05, 4.69) is 10.3 Å². The molecule has 0 aliphatic rings. The fourth-order valence-corrected chi connectivity index (χ4v) is 2.43. The summed E-state index contributed by atoms with van der Waals surface area (Å²) in [6.07, 6.45) is 3.41. The minimum Gasteiger partial charge on any atom is -0.329 e. The van der Waals surface area contributed by atoms with Crippen LogP contribution in [0, 0.1) is 10.1 Å². The molecular formula is C12H11ClN4O3S. The number of amides is 1. The number of carbonyl (C=O) groups is 1. The fraction of sp³-hybridized carbons (Fsp3) is 0.167. The normalized spacial score (nSPS) is 10.4. The maximum atomic E-state index is 11.9. The van der Waals surface area contributed by atoms with E-state index in [0.29, 0.717) is 5.16 Å². The molecule has 7 nitrogen and oxygen atoms in total. The van der Waals surface area contributed by atoms with E-state index in [1.54, 1.807) is 17.0 Å². The van der Waals surface area contributed by atoms with Crippen molar-refractivity contribution in [1.29, 1.82) is 0 Å². The maximum absolute atomic E-state index is 11.9. The fourth-order valence-electron chi connectivity index (χ4n) is 1.53. The van der Waals surface area contributed by atoms with Crippen LogP contribution in [0.3, 0.4) is 0 Å². The number of halogens is 1. The molecule has 0 radical (unpaired) electrons. The first-order chi connectivity index (χ1) is 9.97. The van der Waals surface area contributed by atoms with Gasteiger partial charge in [0.1, 0.15) is 0 Å².